The summed E-state index contributed by atoms with van der Waals surface area (Å²) in [4.78, 5) is 0. The van der Waals surface area contributed by atoms with Gasteiger partial charge in [-0.25, -0.2) is 4.39 Å². The molecule has 0 radical (unpaired) electrons. The van der Waals surface area contributed by atoms with Gasteiger partial charge in [0.1, 0.15) is 23.9 Å². The fourth-order valence-electron chi connectivity index (χ4n) is 1.54. The first kappa shape index (κ1) is 12.2. The van der Waals surface area contributed by atoms with Crippen molar-refractivity contribution in [1.82, 2.24) is 0 Å². The van der Waals surface area contributed by atoms with Crippen LogP contribution < -0.4 is 15.2 Å². The summed E-state index contributed by atoms with van der Waals surface area (Å²) in [6.45, 7) is 0.377. The molecule has 0 saturated heterocycles. The summed E-state index contributed by atoms with van der Waals surface area (Å²) in [7, 11) is 1.57. The Morgan fingerprint density at radius 2 is 1.83 bits per heavy atom. The number of hydrogen-bond acceptors (Lipinski definition) is 3. The molecule has 0 heterocycles. The molecule has 0 aromatic heterocycles. The van der Waals surface area contributed by atoms with Crippen LogP contribution >= 0.6 is 0 Å². The van der Waals surface area contributed by atoms with Crippen molar-refractivity contribution in [3.05, 3.63) is 53.8 Å². The van der Waals surface area contributed by atoms with Crippen LogP contribution in [0, 0.1) is 5.82 Å². The normalized spacial score (nSPS) is 10.1. The number of halogens is 1. The van der Waals surface area contributed by atoms with E-state index in [9.17, 15) is 4.39 Å². The fourth-order valence-corrected chi connectivity index (χ4v) is 1.54. The lowest BCUT2D eigenvalue weighted by Crippen LogP contribution is -1.98. The SMILES string of the molecule is COc1cc(COc2ccc(F)cc2)ccc1N. The molecule has 2 rings (SSSR count). The first-order valence-corrected chi connectivity index (χ1v) is 5.50. The van der Waals surface area contributed by atoms with E-state index in [-0.39, 0.29) is 5.82 Å². The van der Waals surface area contributed by atoms with Crippen LogP contribution in [-0.2, 0) is 6.61 Å². The lowest BCUT2D eigenvalue weighted by Gasteiger charge is -2.09. The number of ether oxygens (including phenoxy) is 2. The van der Waals surface area contributed by atoms with Crippen LogP contribution in [0.1, 0.15) is 5.56 Å². The van der Waals surface area contributed by atoms with Gasteiger partial charge in [-0.05, 0) is 42.0 Å². The quantitative estimate of drug-likeness (QED) is 0.845. The van der Waals surface area contributed by atoms with Crippen LogP contribution in [0.2, 0.25) is 0 Å². The van der Waals surface area contributed by atoms with Gasteiger partial charge in [-0.3, -0.25) is 0 Å². The predicted molar refractivity (Wildman–Crippen MR) is 68.1 cm³/mol. The van der Waals surface area contributed by atoms with Crippen molar-refractivity contribution < 1.29 is 13.9 Å². The van der Waals surface area contributed by atoms with Gasteiger partial charge in [-0.1, -0.05) is 6.07 Å². The Morgan fingerprint density at radius 1 is 1.11 bits per heavy atom. The maximum absolute atomic E-state index is 12.7. The third-order valence-electron chi connectivity index (χ3n) is 2.52. The first-order valence-electron chi connectivity index (χ1n) is 5.50. The number of nitrogen functional groups attached to an aromatic ring is 1. The van der Waals surface area contributed by atoms with E-state index in [4.69, 9.17) is 15.2 Å². The van der Waals surface area contributed by atoms with E-state index in [2.05, 4.69) is 0 Å². The molecule has 0 aliphatic heterocycles. The van der Waals surface area contributed by atoms with Gasteiger partial charge in [-0.15, -0.1) is 0 Å². The lowest BCUT2D eigenvalue weighted by molar-refractivity contribution is 0.305. The molecule has 0 fully saturated rings. The van der Waals surface area contributed by atoms with Gasteiger partial charge in [0.2, 0.25) is 0 Å². The van der Waals surface area contributed by atoms with Gasteiger partial charge in [0.05, 0.1) is 12.8 Å². The summed E-state index contributed by atoms with van der Waals surface area (Å²) in [5, 5.41) is 0. The molecule has 4 heteroatoms. The van der Waals surface area contributed by atoms with Crippen molar-refractivity contribution in [1.29, 1.82) is 0 Å². The molecule has 3 nitrogen and oxygen atoms in total. The first-order chi connectivity index (χ1) is 8.69. The minimum absolute atomic E-state index is 0.281. The largest absolute Gasteiger partial charge is 0.495 e. The molecule has 0 aliphatic rings. The Hall–Kier alpha value is -2.23. The molecule has 2 aromatic carbocycles. The second-order valence-electron chi connectivity index (χ2n) is 3.82. The number of anilines is 1. The summed E-state index contributed by atoms with van der Waals surface area (Å²) in [6.07, 6.45) is 0. The molecule has 18 heavy (non-hydrogen) atoms. The van der Waals surface area contributed by atoms with Crippen LogP contribution in [0.5, 0.6) is 11.5 Å². The van der Waals surface area contributed by atoms with Gasteiger partial charge >= 0.3 is 0 Å². The van der Waals surface area contributed by atoms with Crippen molar-refractivity contribution in [3.8, 4) is 11.5 Å². The smallest absolute Gasteiger partial charge is 0.142 e. The third kappa shape index (κ3) is 2.91. The summed E-state index contributed by atoms with van der Waals surface area (Å²) < 4.78 is 23.4. The lowest BCUT2D eigenvalue weighted by atomic mass is 10.2. The van der Waals surface area contributed by atoms with Gasteiger partial charge < -0.3 is 15.2 Å². The molecule has 2 N–H and O–H groups in total. The molecule has 94 valence electrons. The second kappa shape index (κ2) is 5.40. The van der Waals surface area contributed by atoms with Crippen LogP contribution in [0.25, 0.3) is 0 Å². The molecule has 0 saturated carbocycles. The van der Waals surface area contributed by atoms with Crippen molar-refractivity contribution >= 4 is 5.69 Å². The Balaban J connectivity index is 2.04. The van der Waals surface area contributed by atoms with Crippen LogP contribution in [0.15, 0.2) is 42.5 Å². The minimum atomic E-state index is -0.281. The van der Waals surface area contributed by atoms with Crippen LogP contribution in [-0.4, -0.2) is 7.11 Å². The summed E-state index contributed by atoms with van der Waals surface area (Å²) in [5.74, 6) is 0.957. The summed E-state index contributed by atoms with van der Waals surface area (Å²) in [6, 6.07) is 11.3. The van der Waals surface area contributed by atoms with E-state index < -0.39 is 0 Å². The highest BCUT2D eigenvalue weighted by molar-refractivity contribution is 5.53. The number of rotatable bonds is 4. The van der Waals surface area contributed by atoms with E-state index in [0.717, 1.165) is 5.56 Å². The topological polar surface area (TPSA) is 44.5 Å². The van der Waals surface area contributed by atoms with E-state index in [0.29, 0.717) is 23.8 Å². The van der Waals surface area contributed by atoms with Gasteiger partial charge in [0.25, 0.3) is 0 Å². The van der Waals surface area contributed by atoms with Crippen molar-refractivity contribution in [3.63, 3.8) is 0 Å². The molecular weight excluding hydrogens is 233 g/mol. The molecular formula is C14H14FNO2. The summed E-state index contributed by atoms with van der Waals surface area (Å²) >= 11 is 0. The maximum atomic E-state index is 12.7. The van der Waals surface area contributed by atoms with Crippen LogP contribution in [0.4, 0.5) is 10.1 Å². The highest BCUT2D eigenvalue weighted by Gasteiger charge is 2.02. The van der Waals surface area contributed by atoms with Gasteiger partial charge in [-0.2, -0.15) is 0 Å². The highest BCUT2D eigenvalue weighted by Crippen LogP contribution is 2.23. The Bertz CT molecular complexity index is 526. The number of nitrogens with two attached hydrogens (primary N) is 1. The standard InChI is InChI=1S/C14H14FNO2/c1-17-14-8-10(2-7-13(14)16)9-18-12-5-3-11(15)4-6-12/h2-8H,9,16H2,1H3. The predicted octanol–water partition coefficient (Wildman–Crippen LogP) is 3.00. The maximum Gasteiger partial charge on any atom is 0.142 e. The van der Waals surface area contributed by atoms with Crippen LogP contribution in [0.3, 0.4) is 0 Å². The molecule has 0 bridgehead atoms. The average molecular weight is 247 g/mol. The molecule has 2 aromatic rings. The Morgan fingerprint density at radius 3 is 2.50 bits per heavy atom. The van der Waals surface area contributed by atoms with E-state index in [1.807, 2.05) is 12.1 Å². The van der Waals surface area contributed by atoms with Crippen molar-refractivity contribution in [2.45, 2.75) is 6.61 Å². The highest BCUT2D eigenvalue weighted by atomic mass is 19.1. The van der Waals surface area contributed by atoms with E-state index >= 15 is 0 Å². The van der Waals surface area contributed by atoms with Crippen molar-refractivity contribution in [2.24, 2.45) is 0 Å². The zero-order valence-electron chi connectivity index (χ0n) is 10.0. The number of hydrogen-bond donors (Lipinski definition) is 1. The Kier molecular flexibility index (Phi) is 3.67. The van der Waals surface area contributed by atoms with Crippen molar-refractivity contribution in [2.75, 3.05) is 12.8 Å². The van der Waals surface area contributed by atoms with E-state index in [1.165, 1.54) is 12.1 Å². The van der Waals surface area contributed by atoms with Gasteiger partial charge in [0.15, 0.2) is 0 Å². The van der Waals surface area contributed by atoms with Gasteiger partial charge in [0, 0.05) is 0 Å². The molecule has 0 amide bonds. The molecule has 0 spiro atoms. The third-order valence-corrected chi connectivity index (χ3v) is 2.52. The minimum Gasteiger partial charge on any atom is -0.495 e. The monoisotopic (exact) mass is 247 g/mol. The zero-order valence-corrected chi connectivity index (χ0v) is 10.0. The molecule has 0 aliphatic carbocycles. The second-order valence-corrected chi connectivity index (χ2v) is 3.82. The average Bonchev–Trinajstić information content (AvgIpc) is 2.39. The zero-order chi connectivity index (χ0) is 13.0. The summed E-state index contributed by atoms with van der Waals surface area (Å²) in [5.41, 5.74) is 7.24. The fraction of sp³-hybridized carbons (Fsp3) is 0.143. The Labute approximate surface area is 105 Å². The number of methoxy groups -OCH3 is 1. The van der Waals surface area contributed by atoms with E-state index in [1.54, 1.807) is 25.3 Å². The molecule has 0 unspecified atom stereocenters. The molecule has 0 atom stereocenters. The number of benzene rings is 2.